The molecule has 0 aliphatic rings. The summed E-state index contributed by atoms with van der Waals surface area (Å²) in [6, 6.07) is 6.65. The Kier molecular flexibility index (Phi) is 6.00. The standard InChI is InChI=1S/C16H28N2O/c1-6-13(7-2)18(11-12(3)4)14-8-9-15(17)16(10-14)19-5/h8-10,12-13H,6-7,11,17H2,1-5H3. The van der Waals surface area contributed by atoms with Gasteiger partial charge in [0.2, 0.25) is 0 Å². The van der Waals surface area contributed by atoms with Crippen LogP contribution in [0.25, 0.3) is 0 Å². The average Bonchev–Trinajstić information content (AvgIpc) is 2.39. The number of nitrogens with zero attached hydrogens (tertiary/aromatic N) is 1. The number of hydrogen-bond donors (Lipinski definition) is 1. The number of rotatable bonds is 7. The van der Waals surface area contributed by atoms with Crippen molar-refractivity contribution in [1.82, 2.24) is 0 Å². The van der Waals surface area contributed by atoms with E-state index in [1.165, 1.54) is 5.69 Å². The number of nitrogen functional groups attached to an aromatic ring is 1. The van der Waals surface area contributed by atoms with Gasteiger partial charge in [-0.15, -0.1) is 0 Å². The zero-order valence-electron chi connectivity index (χ0n) is 12.9. The van der Waals surface area contributed by atoms with Crippen LogP contribution in [0.4, 0.5) is 11.4 Å². The van der Waals surface area contributed by atoms with E-state index in [2.05, 4.69) is 44.7 Å². The number of ether oxygens (including phenoxy) is 1. The molecule has 1 aromatic carbocycles. The second-order valence-corrected chi connectivity index (χ2v) is 5.44. The molecule has 2 N–H and O–H groups in total. The Balaban J connectivity index is 3.08. The molecule has 0 amide bonds. The third-order valence-electron chi connectivity index (χ3n) is 3.49. The van der Waals surface area contributed by atoms with E-state index < -0.39 is 0 Å². The summed E-state index contributed by atoms with van der Waals surface area (Å²) in [7, 11) is 1.67. The van der Waals surface area contributed by atoms with Gasteiger partial charge in [0.15, 0.2) is 0 Å². The van der Waals surface area contributed by atoms with Crippen LogP contribution < -0.4 is 15.4 Å². The van der Waals surface area contributed by atoms with Crippen LogP contribution in [0.2, 0.25) is 0 Å². The van der Waals surface area contributed by atoms with Crippen LogP contribution in [0.15, 0.2) is 18.2 Å². The molecule has 0 aliphatic carbocycles. The van der Waals surface area contributed by atoms with E-state index >= 15 is 0 Å². The smallest absolute Gasteiger partial charge is 0.143 e. The first kappa shape index (κ1) is 15.7. The van der Waals surface area contributed by atoms with E-state index in [1.54, 1.807) is 7.11 Å². The van der Waals surface area contributed by atoms with Crippen molar-refractivity contribution in [2.45, 2.75) is 46.6 Å². The van der Waals surface area contributed by atoms with Crippen molar-refractivity contribution < 1.29 is 4.74 Å². The summed E-state index contributed by atoms with van der Waals surface area (Å²) < 4.78 is 5.34. The molecule has 0 unspecified atom stereocenters. The van der Waals surface area contributed by atoms with Crippen LogP contribution in [-0.4, -0.2) is 19.7 Å². The Bertz CT molecular complexity index is 386. The highest BCUT2D eigenvalue weighted by atomic mass is 16.5. The Hall–Kier alpha value is -1.38. The van der Waals surface area contributed by atoms with E-state index in [0.717, 1.165) is 25.1 Å². The number of nitrogens with two attached hydrogens (primary N) is 1. The summed E-state index contributed by atoms with van der Waals surface area (Å²) in [6.45, 7) is 10.1. The Morgan fingerprint density at radius 3 is 2.32 bits per heavy atom. The van der Waals surface area contributed by atoms with Gasteiger partial charge in [-0.2, -0.15) is 0 Å². The molecule has 0 aromatic heterocycles. The predicted octanol–water partition coefficient (Wildman–Crippen LogP) is 3.93. The summed E-state index contributed by atoms with van der Waals surface area (Å²) in [4.78, 5) is 2.48. The van der Waals surface area contributed by atoms with Gasteiger partial charge in [-0.3, -0.25) is 0 Å². The molecule has 0 aliphatic heterocycles. The molecule has 1 rings (SSSR count). The highest BCUT2D eigenvalue weighted by Gasteiger charge is 2.18. The topological polar surface area (TPSA) is 38.5 Å². The second-order valence-electron chi connectivity index (χ2n) is 5.44. The zero-order valence-corrected chi connectivity index (χ0v) is 12.9. The van der Waals surface area contributed by atoms with Gasteiger partial charge in [-0.05, 0) is 30.9 Å². The first-order chi connectivity index (χ1) is 9.03. The molecule has 0 radical (unpaired) electrons. The summed E-state index contributed by atoms with van der Waals surface area (Å²) >= 11 is 0. The first-order valence-electron chi connectivity index (χ1n) is 7.23. The van der Waals surface area contributed by atoms with Gasteiger partial charge in [-0.1, -0.05) is 27.7 Å². The lowest BCUT2D eigenvalue weighted by atomic mass is 10.1. The molecule has 0 heterocycles. The van der Waals surface area contributed by atoms with E-state index in [-0.39, 0.29) is 0 Å². The van der Waals surface area contributed by atoms with E-state index in [1.807, 2.05) is 6.07 Å². The van der Waals surface area contributed by atoms with Gasteiger partial charge >= 0.3 is 0 Å². The number of benzene rings is 1. The first-order valence-corrected chi connectivity index (χ1v) is 7.23. The Labute approximate surface area is 117 Å². The molecule has 1 aromatic rings. The molecule has 3 heteroatoms. The van der Waals surface area contributed by atoms with Crippen LogP contribution >= 0.6 is 0 Å². The third kappa shape index (κ3) is 4.05. The van der Waals surface area contributed by atoms with Crippen LogP contribution in [-0.2, 0) is 0 Å². The van der Waals surface area contributed by atoms with Gasteiger partial charge in [-0.25, -0.2) is 0 Å². The van der Waals surface area contributed by atoms with Crippen molar-refractivity contribution in [2.75, 3.05) is 24.3 Å². The fraction of sp³-hybridized carbons (Fsp3) is 0.625. The summed E-state index contributed by atoms with van der Waals surface area (Å²) in [5.41, 5.74) is 7.80. The van der Waals surface area contributed by atoms with Gasteiger partial charge in [0.1, 0.15) is 5.75 Å². The zero-order chi connectivity index (χ0) is 14.4. The minimum Gasteiger partial charge on any atom is -0.495 e. The fourth-order valence-electron chi connectivity index (χ4n) is 2.47. The number of methoxy groups -OCH3 is 1. The number of anilines is 2. The predicted molar refractivity (Wildman–Crippen MR) is 84.0 cm³/mol. The van der Waals surface area contributed by atoms with E-state index in [9.17, 15) is 0 Å². The summed E-state index contributed by atoms with van der Waals surface area (Å²) in [5, 5.41) is 0. The van der Waals surface area contributed by atoms with Crippen LogP contribution in [0, 0.1) is 5.92 Å². The molecule has 0 saturated carbocycles. The molecule has 0 fully saturated rings. The quantitative estimate of drug-likeness (QED) is 0.758. The van der Waals surface area contributed by atoms with Crippen LogP contribution in [0.1, 0.15) is 40.5 Å². The molecule has 0 spiro atoms. The Morgan fingerprint density at radius 2 is 1.84 bits per heavy atom. The van der Waals surface area contributed by atoms with Crippen LogP contribution in [0.3, 0.4) is 0 Å². The lowest BCUT2D eigenvalue weighted by Gasteiger charge is -2.34. The maximum absolute atomic E-state index is 5.90. The minimum atomic E-state index is 0.565. The molecule has 19 heavy (non-hydrogen) atoms. The lowest BCUT2D eigenvalue weighted by Crippen LogP contribution is -2.37. The third-order valence-corrected chi connectivity index (χ3v) is 3.49. The molecular formula is C16H28N2O. The SMILES string of the molecule is CCC(CC)N(CC(C)C)c1ccc(N)c(OC)c1. The maximum Gasteiger partial charge on any atom is 0.143 e. The fourth-order valence-corrected chi connectivity index (χ4v) is 2.47. The van der Waals surface area contributed by atoms with Crippen molar-refractivity contribution in [3.8, 4) is 5.75 Å². The lowest BCUT2D eigenvalue weighted by molar-refractivity contribution is 0.416. The van der Waals surface area contributed by atoms with Crippen molar-refractivity contribution in [1.29, 1.82) is 0 Å². The maximum atomic E-state index is 5.90. The summed E-state index contributed by atoms with van der Waals surface area (Å²) in [5.74, 6) is 1.39. The van der Waals surface area contributed by atoms with Crippen molar-refractivity contribution >= 4 is 11.4 Å². The highest BCUT2D eigenvalue weighted by Crippen LogP contribution is 2.30. The summed E-state index contributed by atoms with van der Waals surface area (Å²) in [6.07, 6.45) is 2.30. The molecule has 108 valence electrons. The minimum absolute atomic E-state index is 0.565. The monoisotopic (exact) mass is 264 g/mol. The van der Waals surface area contributed by atoms with Crippen molar-refractivity contribution in [3.63, 3.8) is 0 Å². The molecule has 0 bridgehead atoms. The Morgan fingerprint density at radius 1 is 1.21 bits per heavy atom. The van der Waals surface area contributed by atoms with Gasteiger partial charge in [0, 0.05) is 24.3 Å². The van der Waals surface area contributed by atoms with E-state index in [0.29, 0.717) is 17.6 Å². The van der Waals surface area contributed by atoms with Gasteiger partial charge < -0.3 is 15.4 Å². The molecule has 0 atom stereocenters. The molecule has 3 nitrogen and oxygen atoms in total. The molecular weight excluding hydrogens is 236 g/mol. The van der Waals surface area contributed by atoms with Gasteiger partial charge in [0.05, 0.1) is 12.8 Å². The highest BCUT2D eigenvalue weighted by molar-refractivity contribution is 5.62. The van der Waals surface area contributed by atoms with E-state index in [4.69, 9.17) is 10.5 Å². The van der Waals surface area contributed by atoms with Crippen molar-refractivity contribution in [3.05, 3.63) is 18.2 Å². The van der Waals surface area contributed by atoms with Crippen LogP contribution in [0.5, 0.6) is 5.75 Å². The normalized spacial score (nSPS) is 11.1. The van der Waals surface area contributed by atoms with Gasteiger partial charge in [0.25, 0.3) is 0 Å². The van der Waals surface area contributed by atoms with Crippen molar-refractivity contribution in [2.24, 2.45) is 5.92 Å². The molecule has 0 saturated heterocycles. The average molecular weight is 264 g/mol. The largest absolute Gasteiger partial charge is 0.495 e. The second kappa shape index (κ2) is 7.27. The number of hydrogen-bond acceptors (Lipinski definition) is 3.